The van der Waals surface area contributed by atoms with E-state index >= 15 is 0 Å². The van der Waals surface area contributed by atoms with Gasteiger partial charge in [-0.1, -0.05) is 48.5 Å². The Balaban J connectivity index is 2.14. The molecule has 0 radical (unpaired) electrons. The van der Waals surface area contributed by atoms with Crippen molar-refractivity contribution in [1.29, 1.82) is 0 Å². The molecule has 0 aliphatic rings. The van der Waals surface area contributed by atoms with Crippen LogP contribution in [0.25, 0.3) is 0 Å². The van der Waals surface area contributed by atoms with Crippen molar-refractivity contribution in [2.45, 2.75) is 31.2 Å². The average molecular weight is 449 g/mol. The first-order valence-corrected chi connectivity index (χ1v) is 12.1. The molecule has 1 aromatic carbocycles. The standard InChI is InChI=1S/C16H21ClN4O3S3/c1-10(2)9-25-16-20-19-15(26-16)18-14(22)11(3)21(27(4,23)24)13-7-5-12(17)6-8-13/h5-8,10-11H,9H2,1-4H3,(H,18,19,22). The molecule has 0 saturated carbocycles. The van der Waals surface area contributed by atoms with Crippen LogP contribution in [-0.2, 0) is 14.8 Å². The number of aromatic nitrogens is 2. The fourth-order valence-corrected chi connectivity index (χ4v) is 5.20. The number of benzene rings is 1. The van der Waals surface area contributed by atoms with Crippen LogP contribution in [0.5, 0.6) is 0 Å². The van der Waals surface area contributed by atoms with E-state index in [0.717, 1.165) is 20.7 Å². The maximum Gasteiger partial charge on any atom is 0.249 e. The monoisotopic (exact) mass is 448 g/mol. The Hall–Kier alpha value is -1.36. The second-order valence-corrected chi connectivity index (χ2v) is 10.8. The molecule has 1 amide bonds. The highest BCUT2D eigenvalue weighted by molar-refractivity contribution is 8.01. The van der Waals surface area contributed by atoms with E-state index in [1.54, 1.807) is 36.0 Å². The summed E-state index contributed by atoms with van der Waals surface area (Å²) in [5.74, 6) is 0.920. The Morgan fingerprint density at radius 1 is 1.26 bits per heavy atom. The summed E-state index contributed by atoms with van der Waals surface area (Å²) in [5, 5.41) is 11.4. The Morgan fingerprint density at radius 2 is 1.89 bits per heavy atom. The minimum Gasteiger partial charge on any atom is -0.299 e. The third-order valence-electron chi connectivity index (χ3n) is 3.35. The molecule has 7 nitrogen and oxygen atoms in total. The zero-order valence-electron chi connectivity index (χ0n) is 15.3. The van der Waals surface area contributed by atoms with E-state index in [0.29, 0.717) is 21.8 Å². The lowest BCUT2D eigenvalue weighted by Crippen LogP contribution is -2.45. The van der Waals surface area contributed by atoms with E-state index in [4.69, 9.17) is 11.6 Å². The van der Waals surface area contributed by atoms with Crippen LogP contribution >= 0.6 is 34.7 Å². The van der Waals surface area contributed by atoms with Crippen molar-refractivity contribution in [3.8, 4) is 0 Å². The van der Waals surface area contributed by atoms with Crippen molar-refractivity contribution in [2.24, 2.45) is 5.92 Å². The lowest BCUT2D eigenvalue weighted by molar-refractivity contribution is -0.116. The molecule has 0 saturated heterocycles. The highest BCUT2D eigenvalue weighted by atomic mass is 35.5. The van der Waals surface area contributed by atoms with Gasteiger partial charge in [0, 0.05) is 10.8 Å². The molecule has 0 aliphatic heterocycles. The molecular weight excluding hydrogens is 428 g/mol. The fourth-order valence-electron chi connectivity index (χ4n) is 2.16. The van der Waals surface area contributed by atoms with E-state index in [9.17, 15) is 13.2 Å². The molecule has 2 aromatic rings. The van der Waals surface area contributed by atoms with Crippen LogP contribution in [0, 0.1) is 5.92 Å². The first-order chi connectivity index (χ1) is 12.6. The molecule has 1 heterocycles. The van der Waals surface area contributed by atoms with Crippen molar-refractivity contribution in [1.82, 2.24) is 10.2 Å². The molecule has 1 aromatic heterocycles. The summed E-state index contributed by atoms with van der Waals surface area (Å²) in [6.45, 7) is 5.73. The number of nitrogens with one attached hydrogen (secondary N) is 1. The summed E-state index contributed by atoms with van der Waals surface area (Å²) >= 11 is 8.69. The number of rotatable bonds is 8. The van der Waals surface area contributed by atoms with E-state index < -0.39 is 22.0 Å². The molecule has 148 valence electrons. The lowest BCUT2D eigenvalue weighted by atomic mass is 10.2. The van der Waals surface area contributed by atoms with Gasteiger partial charge in [-0.2, -0.15) is 0 Å². The molecular formula is C16H21ClN4O3S3. The second-order valence-electron chi connectivity index (χ2n) is 6.28. The number of halogens is 1. The van der Waals surface area contributed by atoms with Crippen molar-refractivity contribution >= 4 is 61.4 Å². The SMILES string of the molecule is CC(C)CSc1nnc(NC(=O)C(C)N(c2ccc(Cl)cc2)S(C)(=O)=O)s1. The molecule has 0 aliphatic carbocycles. The second kappa shape index (κ2) is 9.22. The number of sulfonamides is 1. The largest absolute Gasteiger partial charge is 0.299 e. The maximum absolute atomic E-state index is 12.6. The highest BCUT2D eigenvalue weighted by Gasteiger charge is 2.29. The summed E-state index contributed by atoms with van der Waals surface area (Å²) < 4.78 is 26.3. The van der Waals surface area contributed by atoms with Gasteiger partial charge in [0.05, 0.1) is 11.9 Å². The zero-order valence-corrected chi connectivity index (χ0v) is 18.5. The Morgan fingerprint density at radius 3 is 2.44 bits per heavy atom. The fraction of sp³-hybridized carbons (Fsp3) is 0.438. The number of anilines is 2. The van der Waals surface area contributed by atoms with Gasteiger partial charge in [0.1, 0.15) is 6.04 Å². The third-order valence-corrected chi connectivity index (χ3v) is 7.24. The van der Waals surface area contributed by atoms with E-state index in [2.05, 4.69) is 29.4 Å². The minimum absolute atomic E-state index is 0.336. The van der Waals surface area contributed by atoms with E-state index in [1.807, 2.05) is 0 Å². The van der Waals surface area contributed by atoms with Gasteiger partial charge in [0.15, 0.2) is 4.34 Å². The van der Waals surface area contributed by atoms with Crippen molar-refractivity contribution in [2.75, 3.05) is 21.6 Å². The number of hydrogen-bond donors (Lipinski definition) is 1. The van der Waals surface area contributed by atoms with Crippen LogP contribution in [0.3, 0.4) is 0 Å². The van der Waals surface area contributed by atoms with Gasteiger partial charge in [-0.05, 0) is 37.1 Å². The van der Waals surface area contributed by atoms with Gasteiger partial charge < -0.3 is 0 Å². The summed E-state index contributed by atoms with van der Waals surface area (Å²) in [5.41, 5.74) is 0.356. The average Bonchev–Trinajstić information content (AvgIpc) is 3.01. The minimum atomic E-state index is -3.69. The van der Waals surface area contributed by atoms with Crippen LogP contribution in [0.15, 0.2) is 28.6 Å². The number of carbonyl (C=O) groups excluding carboxylic acids is 1. The summed E-state index contributed by atoms with van der Waals surface area (Å²) in [7, 11) is -3.69. The molecule has 0 fully saturated rings. The van der Waals surface area contributed by atoms with Gasteiger partial charge in [-0.3, -0.25) is 14.4 Å². The molecule has 1 unspecified atom stereocenters. The lowest BCUT2D eigenvalue weighted by Gasteiger charge is -2.27. The van der Waals surface area contributed by atoms with Gasteiger partial charge in [0.25, 0.3) is 0 Å². The van der Waals surface area contributed by atoms with Crippen LogP contribution < -0.4 is 9.62 Å². The summed E-state index contributed by atoms with van der Waals surface area (Å²) in [6, 6.07) is 5.28. The van der Waals surface area contributed by atoms with Crippen molar-refractivity contribution in [3.05, 3.63) is 29.3 Å². The van der Waals surface area contributed by atoms with Crippen molar-refractivity contribution < 1.29 is 13.2 Å². The van der Waals surface area contributed by atoms with Gasteiger partial charge >= 0.3 is 0 Å². The Labute approximate surface area is 172 Å². The van der Waals surface area contributed by atoms with E-state index in [-0.39, 0.29) is 0 Å². The van der Waals surface area contributed by atoms with E-state index in [1.165, 1.54) is 18.3 Å². The predicted octanol–water partition coefficient (Wildman–Crippen LogP) is 3.73. The number of carbonyl (C=O) groups is 1. The normalized spacial score (nSPS) is 12.8. The quantitative estimate of drug-likeness (QED) is 0.488. The number of amides is 1. The topological polar surface area (TPSA) is 92.3 Å². The summed E-state index contributed by atoms with van der Waals surface area (Å²) in [6.07, 6.45) is 1.05. The molecule has 11 heteroatoms. The van der Waals surface area contributed by atoms with Crippen LogP contribution in [0.1, 0.15) is 20.8 Å². The van der Waals surface area contributed by atoms with Gasteiger partial charge in [0.2, 0.25) is 21.1 Å². The molecule has 1 N–H and O–H groups in total. The summed E-state index contributed by atoms with van der Waals surface area (Å²) in [4.78, 5) is 12.6. The van der Waals surface area contributed by atoms with Gasteiger partial charge in [-0.15, -0.1) is 10.2 Å². The van der Waals surface area contributed by atoms with Crippen LogP contribution in [0.2, 0.25) is 5.02 Å². The molecule has 1 atom stereocenters. The number of nitrogens with zero attached hydrogens (tertiary/aromatic N) is 3. The first-order valence-electron chi connectivity index (χ1n) is 8.10. The third kappa shape index (κ3) is 6.34. The molecule has 0 bridgehead atoms. The molecule has 0 spiro atoms. The number of hydrogen-bond acceptors (Lipinski definition) is 7. The Kier molecular flexibility index (Phi) is 7.49. The Bertz CT molecular complexity index is 885. The molecule has 2 rings (SSSR count). The predicted molar refractivity (Wildman–Crippen MR) is 112 cm³/mol. The zero-order chi connectivity index (χ0) is 20.2. The van der Waals surface area contributed by atoms with Crippen LogP contribution in [0.4, 0.5) is 10.8 Å². The molecule has 27 heavy (non-hydrogen) atoms. The van der Waals surface area contributed by atoms with Crippen LogP contribution in [-0.4, -0.2) is 42.6 Å². The highest BCUT2D eigenvalue weighted by Crippen LogP contribution is 2.28. The van der Waals surface area contributed by atoms with Crippen molar-refractivity contribution in [3.63, 3.8) is 0 Å². The first kappa shape index (κ1) is 21.9. The maximum atomic E-state index is 12.6. The van der Waals surface area contributed by atoms with Gasteiger partial charge in [-0.25, -0.2) is 8.42 Å². The smallest absolute Gasteiger partial charge is 0.249 e. The number of thioether (sulfide) groups is 1.